The average molecular weight is 384 g/mol. The van der Waals surface area contributed by atoms with E-state index >= 15 is 0 Å². The Bertz CT molecular complexity index is 1230. The van der Waals surface area contributed by atoms with Crippen molar-refractivity contribution in [3.8, 4) is 0 Å². The molecule has 0 saturated carbocycles. The first-order valence-electron chi connectivity index (χ1n) is 9.38. The molecule has 0 spiro atoms. The molecule has 4 aromatic rings. The van der Waals surface area contributed by atoms with Crippen LogP contribution in [0.5, 0.6) is 0 Å². The zero-order valence-corrected chi connectivity index (χ0v) is 16.0. The van der Waals surface area contributed by atoms with Gasteiger partial charge in [-0.05, 0) is 24.1 Å². The number of fused-ring (bicyclic) bond motifs is 1. The van der Waals surface area contributed by atoms with Gasteiger partial charge in [-0.3, -0.25) is 4.79 Å². The summed E-state index contributed by atoms with van der Waals surface area (Å²) in [6, 6.07) is 24.3. The fourth-order valence-corrected chi connectivity index (χ4v) is 3.27. The molecule has 0 aliphatic heterocycles. The molecule has 0 saturated heterocycles. The number of esters is 1. The van der Waals surface area contributed by atoms with Crippen LogP contribution in [0.4, 0.5) is 0 Å². The van der Waals surface area contributed by atoms with Gasteiger partial charge in [0.1, 0.15) is 6.61 Å². The van der Waals surface area contributed by atoms with Crippen molar-refractivity contribution in [1.29, 1.82) is 0 Å². The lowest BCUT2D eigenvalue weighted by atomic mass is 10.1. The van der Waals surface area contributed by atoms with Crippen LogP contribution in [0.15, 0.2) is 83.7 Å². The van der Waals surface area contributed by atoms with Gasteiger partial charge in [0.05, 0.1) is 11.9 Å². The number of hydrogen-bond acceptors (Lipinski definition) is 4. The van der Waals surface area contributed by atoms with Crippen LogP contribution >= 0.6 is 0 Å². The summed E-state index contributed by atoms with van der Waals surface area (Å²) in [6.45, 7) is 2.41. The van der Waals surface area contributed by atoms with Gasteiger partial charge < -0.3 is 4.74 Å². The molecule has 144 valence electrons. The first-order chi connectivity index (χ1) is 14.1. The Balaban J connectivity index is 1.69. The van der Waals surface area contributed by atoms with Gasteiger partial charge >= 0.3 is 5.97 Å². The zero-order valence-electron chi connectivity index (χ0n) is 16.0. The van der Waals surface area contributed by atoms with Crippen LogP contribution < -0.4 is 5.56 Å². The monoisotopic (exact) mass is 384 g/mol. The third-order valence-corrected chi connectivity index (χ3v) is 4.69. The van der Waals surface area contributed by atoms with Crippen molar-refractivity contribution in [2.75, 3.05) is 0 Å². The normalized spacial score (nSPS) is 10.8. The van der Waals surface area contributed by atoms with E-state index in [-0.39, 0.29) is 24.4 Å². The van der Waals surface area contributed by atoms with Crippen molar-refractivity contribution < 1.29 is 9.53 Å². The molecule has 0 atom stereocenters. The lowest BCUT2D eigenvalue weighted by Gasteiger charge is -2.11. The smallest absolute Gasteiger partial charge is 0.359 e. The van der Waals surface area contributed by atoms with Crippen LogP contribution in [0.3, 0.4) is 0 Å². The van der Waals surface area contributed by atoms with Gasteiger partial charge in [0.15, 0.2) is 5.69 Å². The van der Waals surface area contributed by atoms with E-state index in [2.05, 4.69) is 5.10 Å². The van der Waals surface area contributed by atoms with Crippen molar-refractivity contribution in [1.82, 2.24) is 9.78 Å². The highest BCUT2D eigenvalue weighted by atomic mass is 16.5. The molecule has 3 aromatic carbocycles. The first-order valence-corrected chi connectivity index (χ1v) is 9.38. The Hall–Kier alpha value is -3.73. The number of rotatable bonds is 5. The lowest BCUT2D eigenvalue weighted by molar-refractivity contribution is 0.0465. The Morgan fingerprint density at radius 2 is 1.59 bits per heavy atom. The molecule has 1 heterocycles. The lowest BCUT2D eigenvalue weighted by Crippen LogP contribution is -2.27. The van der Waals surface area contributed by atoms with Crippen LogP contribution in [0.25, 0.3) is 10.8 Å². The summed E-state index contributed by atoms with van der Waals surface area (Å²) in [5, 5.41) is 5.30. The van der Waals surface area contributed by atoms with Gasteiger partial charge in [-0.1, -0.05) is 78.4 Å². The first kappa shape index (κ1) is 18.6. The molecule has 0 radical (unpaired) electrons. The summed E-state index contributed by atoms with van der Waals surface area (Å²) in [5.74, 6) is -0.551. The second-order valence-corrected chi connectivity index (χ2v) is 6.91. The minimum atomic E-state index is -0.551. The van der Waals surface area contributed by atoms with Gasteiger partial charge in [-0.25, -0.2) is 9.48 Å². The summed E-state index contributed by atoms with van der Waals surface area (Å²) in [6.07, 6.45) is 0. The molecular formula is C24H20N2O3. The zero-order chi connectivity index (χ0) is 20.2. The number of carbonyl (C=O) groups is 1. The quantitative estimate of drug-likeness (QED) is 0.486. The average Bonchev–Trinajstić information content (AvgIpc) is 2.75. The second kappa shape index (κ2) is 8.10. The predicted octanol–water partition coefficient (Wildman–Crippen LogP) is 4.11. The van der Waals surface area contributed by atoms with E-state index in [1.807, 2.05) is 61.5 Å². The summed E-state index contributed by atoms with van der Waals surface area (Å²) >= 11 is 0. The van der Waals surface area contributed by atoms with Gasteiger partial charge in [0.25, 0.3) is 5.56 Å². The van der Waals surface area contributed by atoms with Crippen molar-refractivity contribution in [3.63, 3.8) is 0 Å². The number of carbonyl (C=O) groups excluding carboxylic acids is 1. The summed E-state index contributed by atoms with van der Waals surface area (Å²) in [4.78, 5) is 25.7. The third-order valence-electron chi connectivity index (χ3n) is 4.69. The minimum Gasteiger partial charge on any atom is -0.456 e. The number of hydrogen-bond donors (Lipinski definition) is 0. The van der Waals surface area contributed by atoms with E-state index in [1.54, 1.807) is 24.3 Å². The van der Waals surface area contributed by atoms with Crippen LogP contribution in [0.2, 0.25) is 0 Å². The van der Waals surface area contributed by atoms with Crippen LogP contribution in [-0.4, -0.2) is 15.7 Å². The fraction of sp³-hybridized carbons (Fsp3) is 0.125. The van der Waals surface area contributed by atoms with E-state index < -0.39 is 5.97 Å². The Labute approximate surface area is 168 Å². The molecule has 5 nitrogen and oxygen atoms in total. The van der Waals surface area contributed by atoms with E-state index in [0.29, 0.717) is 10.8 Å². The van der Waals surface area contributed by atoms with E-state index in [0.717, 1.165) is 16.7 Å². The van der Waals surface area contributed by atoms with E-state index in [1.165, 1.54) is 4.68 Å². The molecule has 5 heteroatoms. The maximum atomic E-state index is 12.9. The molecule has 4 rings (SSSR count). The molecule has 1 aromatic heterocycles. The molecular weight excluding hydrogens is 364 g/mol. The maximum Gasteiger partial charge on any atom is 0.359 e. The van der Waals surface area contributed by atoms with Crippen molar-refractivity contribution in [2.45, 2.75) is 20.1 Å². The number of ether oxygens (including phenoxy) is 1. The number of aromatic nitrogens is 2. The highest BCUT2D eigenvalue weighted by Crippen LogP contribution is 2.16. The highest BCUT2D eigenvalue weighted by Gasteiger charge is 2.18. The summed E-state index contributed by atoms with van der Waals surface area (Å²) in [5.41, 5.74) is 2.83. The number of benzene rings is 3. The van der Waals surface area contributed by atoms with Crippen molar-refractivity contribution >= 4 is 16.7 Å². The second-order valence-electron chi connectivity index (χ2n) is 6.91. The third kappa shape index (κ3) is 4.09. The van der Waals surface area contributed by atoms with Crippen LogP contribution in [0, 0.1) is 6.92 Å². The minimum absolute atomic E-state index is 0.142. The fourth-order valence-electron chi connectivity index (χ4n) is 3.27. The SMILES string of the molecule is Cc1cccc(COC(=O)c2nn(Cc3ccccc3)c(=O)c3ccccc23)c1. The van der Waals surface area contributed by atoms with Crippen molar-refractivity contribution in [2.24, 2.45) is 0 Å². The molecule has 0 N–H and O–H groups in total. The van der Waals surface area contributed by atoms with Crippen molar-refractivity contribution in [3.05, 3.63) is 112 Å². The topological polar surface area (TPSA) is 61.2 Å². The van der Waals surface area contributed by atoms with Gasteiger partial charge in [0, 0.05) is 5.39 Å². The van der Waals surface area contributed by atoms with Gasteiger partial charge in [-0.15, -0.1) is 0 Å². The standard InChI is InChI=1S/C24H20N2O3/c1-17-8-7-11-19(14-17)16-29-24(28)22-20-12-5-6-13-21(20)23(27)26(25-22)15-18-9-3-2-4-10-18/h2-14H,15-16H2,1H3. The molecule has 0 unspecified atom stereocenters. The molecule has 0 aliphatic carbocycles. The van der Waals surface area contributed by atoms with E-state index in [4.69, 9.17) is 4.74 Å². The molecule has 0 aliphatic rings. The summed E-state index contributed by atoms with van der Waals surface area (Å²) in [7, 11) is 0. The van der Waals surface area contributed by atoms with Gasteiger partial charge in [-0.2, -0.15) is 5.10 Å². The molecule has 0 fully saturated rings. The highest BCUT2D eigenvalue weighted by molar-refractivity contribution is 6.02. The van der Waals surface area contributed by atoms with Crippen LogP contribution in [0.1, 0.15) is 27.2 Å². The van der Waals surface area contributed by atoms with Gasteiger partial charge in [0.2, 0.25) is 0 Å². The van der Waals surface area contributed by atoms with Crippen LogP contribution in [-0.2, 0) is 17.9 Å². The predicted molar refractivity (Wildman–Crippen MR) is 112 cm³/mol. The Morgan fingerprint density at radius 1 is 0.897 bits per heavy atom. The Morgan fingerprint density at radius 3 is 2.34 bits per heavy atom. The molecule has 29 heavy (non-hydrogen) atoms. The number of nitrogens with zero attached hydrogens (tertiary/aromatic N) is 2. The largest absolute Gasteiger partial charge is 0.456 e. The number of aryl methyl sites for hydroxylation is 1. The maximum absolute atomic E-state index is 12.9. The molecule has 0 amide bonds. The van der Waals surface area contributed by atoms with E-state index in [9.17, 15) is 9.59 Å². The Kier molecular flexibility index (Phi) is 5.20. The summed E-state index contributed by atoms with van der Waals surface area (Å²) < 4.78 is 6.83. The molecule has 0 bridgehead atoms.